The van der Waals surface area contributed by atoms with Crippen molar-refractivity contribution < 1.29 is 5.11 Å². The Morgan fingerprint density at radius 1 is 1.31 bits per heavy atom. The molecule has 1 aromatic carbocycles. The van der Waals surface area contributed by atoms with E-state index in [-0.39, 0.29) is 11.5 Å². The van der Waals surface area contributed by atoms with Gasteiger partial charge < -0.3 is 5.11 Å². The summed E-state index contributed by atoms with van der Waals surface area (Å²) in [5, 5.41) is 10.2. The van der Waals surface area contributed by atoms with Gasteiger partial charge in [0.25, 0.3) is 0 Å². The Bertz CT molecular complexity index is 352. The van der Waals surface area contributed by atoms with Crippen LogP contribution in [0.25, 0.3) is 0 Å². The molecule has 0 aliphatic rings. The molecule has 0 bridgehead atoms. The molecular formula is C14H21BrO. The molecule has 0 spiro atoms. The smallest absolute Gasteiger partial charge is 0.0801 e. The molecule has 1 atom stereocenters. The molecule has 0 amide bonds. The van der Waals surface area contributed by atoms with Gasteiger partial charge in [-0.2, -0.15) is 0 Å². The quantitative estimate of drug-likeness (QED) is 0.859. The number of aryl methyl sites for hydroxylation is 1. The molecule has 1 N–H and O–H groups in total. The summed E-state index contributed by atoms with van der Waals surface area (Å²) < 4.78 is 1.04. The van der Waals surface area contributed by atoms with Crippen LogP contribution in [0, 0.1) is 12.3 Å². The van der Waals surface area contributed by atoms with Crippen LogP contribution in [0.3, 0.4) is 0 Å². The minimum absolute atomic E-state index is 0.275. The van der Waals surface area contributed by atoms with Crippen molar-refractivity contribution in [2.24, 2.45) is 5.41 Å². The predicted octanol–water partition coefficient (Wildman–Crippen LogP) is 4.62. The first-order chi connectivity index (χ1) is 7.31. The lowest BCUT2D eigenvalue weighted by Gasteiger charge is -2.21. The number of hydrogen-bond acceptors (Lipinski definition) is 1. The number of aliphatic hydroxyl groups is 1. The van der Waals surface area contributed by atoms with E-state index in [1.165, 1.54) is 5.56 Å². The number of halogens is 1. The van der Waals surface area contributed by atoms with Gasteiger partial charge in [-0.05, 0) is 36.3 Å². The zero-order chi connectivity index (χ0) is 12.3. The second-order valence-electron chi connectivity index (χ2n) is 5.59. The van der Waals surface area contributed by atoms with E-state index in [0.717, 1.165) is 22.9 Å². The fourth-order valence-corrected chi connectivity index (χ4v) is 2.18. The predicted molar refractivity (Wildman–Crippen MR) is 72.5 cm³/mol. The Balaban J connectivity index is 2.73. The highest BCUT2D eigenvalue weighted by Crippen LogP contribution is 2.32. The first-order valence-electron chi connectivity index (χ1n) is 5.74. The molecule has 1 nitrogen and oxygen atoms in total. The van der Waals surface area contributed by atoms with Gasteiger partial charge in [0.2, 0.25) is 0 Å². The summed E-state index contributed by atoms with van der Waals surface area (Å²) >= 11 is 3.54. The van der Waals surface area contributed by atoms with Crippen LogP contribution in [-0.4, -0.2) is 5.11 Å². The van der Waals surface area contributed by atoms with Crippen molar-refractivity contribution >= 4 is 15.9 Å². The van der Waals surface area contributed by atoms with E-state index in [9.17, 15) is 5.11 Å². The molecule has 0 aliphatic carbocycles. The highest BCUT2D eigenvalue weighted by atomic mass is 79.9. The Labute approximate surface area is 107 Å². The maximum atomic E-state index is 10.2. The van der Waals surface area contributed by atoms with Crippen LogP contribution in [-0.2, 0) is 0 Å². The van der Waals surface area contributed by atoms with Gasteiger partial charge in [0.05, 0.1) is 6.10 Å². The van der Waals surface area contributed by atoms with Crippen molar-refractivity contribution in [2.45, 2.75) is 46.6 Å². The van der Waals surface area contributed by atoms with E-state index in [2.05, 4.69) is 36.7 Å². The molecule has 0 saturated heterocycles. The maximum absolute atomic E-state index is 10.2. The summed E-state index contributed by atoms with van der Waals surface area (Å²) in [6.45, 7) is 8.64. The molecule has 0 aromatic heterocycles. The third-order valence-electron chi connectivity index (χ3n) is 2.75. The zero-order valence-corrected chi connectivity index (χ0v) is 12.1. The SMILES string of the molecule is Cc1cccc(C(O)CCC(C)(C)C)c1Br. The molecule has 90 valence electrons. The van der Waals surface area contributed by atoms with Gasteiger partial charge in [-0.3, -0.25) is 0 Å². The van der Waals surface area contributed by atoms with Crippen molar-refractivity contribution in [1.82, 2.24) is 0 Å². The third-order valence-corrected chi connectivity index (χ3v) is 3.83. The van der Waals surface area contributed by atoms with Crippen molar-refractivity contribution in [2.75, 3.05) is 0 Å². The standard InChI is InChI=1S/C14H21BrO/c1-10-6-5-7-11(13(10)15)12(16)8-9-14(2,3)4/h5-7,12,16H,8-9H2,1-4H3. The number of aliphatic hydroxyl groups excluding tert-OH is 1. The summed E-state index contributed by atoms with van der Waals surface area (Å²) in [6, 6.07) is 6.03. The lowest BCUT2D eigenvalue weighted by molar-refractivity contribution is 0.147. The summed E-state index contributed by atoms with van der Waals surface area (Å²) in [6.07, 6.45) is 1.47. The lowest BCUT2D eigenvalue weighted by atomic mass is 9.88. The molecule has 16 heavy (non-hydrogen) atoms. The monoisotopic (exact) mass is 284 g/mol. The second-order valence-corrected chi connectivity index (χ2v) is 6.39. The van der Waals surface area contributed by atoms with Crippen molar-refractivity contribution in [3.8, 4) is 0 Å². The molecule has 1 rings (SSSR count). The lowest BCUT2D eigenvalue weighted by Crippen LogP contribution is -2.08. The van der Waals surface area contributed by atoms with Gasteiger partial charge >= 0.3 is 0 Å². The molecule has 1 aromatic rings. The largest absolute Gasteiger partial charge is 0.388 e. The molecule has 1 unspecified atom stereocenters. The maximum Gasteiger partial charge on any atom is 0.0801 e. The normalized spacial score (nSPS) is 13.9. The first kappa shape index (κ1) is 13.7. The minimum atomic E-state index is -0.367. The molecule has 0 saturated carbocycles. The minimum Gasteiger partial charge on any atom is -0.388 e. The van der Waals surface area contributed by atoms with Crippen LogP contribution in [0.1, 0.15) is 50.8 Å². The van der Waals surface area contributed by atoms with Crippen LogP contribution in [0.5, 0.6) is 0 Å². The van der Waals surface area contributed by atoms with Crippen molar-refractivity contribution in [1.29, 1.82) is 0 Å². The average molecular weight is 285 g/mol. The zero-order valence-electron chi connectivity index (χ0n) is 10.5. The summed E-state index contributed by atoms with van der Waals surface area (Å²) in [5.74, 6) is 0. The van der Waals surface area contributed by atoms with E-state index in [0.29, 0.717) is 0 Å². The van der Waals surface area contributed by atoms with Crippen LogP contribution in [0.4, 0.5) is 0 Å². The van der Waals surface area contributed by atoms with E-state index in [1.807, 2.05) is 25.1 Å². The fourth-order valence-electron chi connectivity index (χ4n) is 1.65. The van der Waals surface area contributed by atoms with E-state index < -0.39 is 0 Å². The topological polar surface area (TPSA) is 20.2 Å². The fraction of sp³-hybridized carbons (Fsp3) is 0.571. The Kier molecular flexibility index (Phi) is 4.57. The van der Waals surface area contributed by atoms with E-state index >= 15 is 0 Å². The van der Waals surface area contributed by atoms with E-state index in [4.69, 9.17) is 0 Å². The van der Waals surface area contributed by atoms with Gasteiger partial charge in [0.15, 0.2) is 0 Å². The highest BCUT2D eigenvalue weighted by molar-refractivity contribution is 9.10. The Morgan fingerprint density at radius 3 is 2.50 bits per heavy atom. The molecule has 0 fully saturated rings. The van der Waals surface area contributed by atoms with Crippen molar-refractivity contribution in [3.63, 3.8) is 0 Å². The van der Waals surface area contributed by atoms with Crippen LogP contribution < -0.4 is 0 Å². The van der Waals surface area contributed by atoms with E-state index in [1.54, 1.807) is 0 Å². The number of rotatable bonds is 3. The van der Waals surface area contributed by atoms with Gasteiger partial charge in [0.1, 0.15) is 0 Å². The second kappa shape index (κ2) is 5.33. The highest BCUT2D eigenvalue weighted by Gasteiger charge is 2.16. The number of benzene rings is 1. The van der Waals surface area contributed by atoms with Crippen LogP contribution in [0.2, 0.25) is 0 Å². The molecule has 0 radical (unpaired) electrons. The van der Waals surface area contributed by atoms with Gasteiger partial charge in [-0.25, -0.2) is 0 Å². The summed E-state index contributed by atoms with van der Waals surface area (Å²) in [4.78, 5) is 0. The molecular weight excluding hydrogens is 264 g/mol. The summed E-state index contributed by atoms with van der Waals surface area (Å²) in [7, 11) is 0. The molecule has 2 heteroatoms. The molecule has 0 heterocycles. The molecule has 0 aliphatic heterocycles. The Hall–Kier alpha value is -0.340. The van der Waals surface area contributed by atoms with Gasteiger partial charge in [0, 0.05) is 4.47 Å². The first-order valence-corrected chi connectivity index (χ1v) is 6.53. The average Bonchev–Trinajstić information content (AvgIpc) is 2.17. The van der Waals surface area contributed by atoms with Crippen molar-refractivity contribution in [3.05, 3.63) is 33.8 Å². The third kappa shape index (κ3) is 3.91. The number of hydrogen-bond donors (Lipinski definition) is 1. The van der Waals surface area contributed by atoms with Crippen LogP contribution in [0.15, 0.2) is 22.7 Å². The van der Waals surface area contributed by atoms with Gasteiger partial charge in [-0.15, -0.1) is 0 Å². The van der Waals surface area contributed by atoms with Crippen LogP contribution >= 0.6 is 15.9 Å². The summed E-state index contributed by atoms with van der Waals surface area (Å²) in [5.41, 5.74) is 2.45. The van der Waals surface area contributed by atoms with Gasteiger partial charge in [-0.1, -0.05) is 54.9 Å². The Morgan fingerprint density at radius 2 is 1.94 bits per heavy atom.